The summed E-state index contributed by atoms with van der Waals surface area (Å²) in [4.78, 5) is 56.6. The van der Waals surface area contributed by atoms with Crippen molar-refractivity contribution in [2.75, 3.05) is 0 Å². The van der Waals surface area contributed by atoms with Crippen molar-refractivity contribution in [1.82, 2.24) is 4.98 Å². The van der Waals surface area contributed by atoms with Crippen LogP contribution >= 0.6 is 11.3 Å². The number of hydrogen-bond acceptors (Lipinski definition) is 12. The fraction of sp³-hybridized carbons (Fsp3) is 0.526. The molecule has 274 valence electrons. The Bertz CT molecular complexity index is 1790. The number of nitro benzene ring substituents is 1. The van der Waals surface area contributed by atoms with Crippen molar-refractivity contribution in [2.24, 2.45) is 17.3 Å². The summed E-state index contributed by atoms with van der Waals surface area (Å²) >= 11 is 1.57. The summed E-state index contributed by atoms with van der Waals surface area (Å²) in [6.07, 6.45) is -0.674. The van der Waals surface area contributed by atoms with Crippen LogP contribution in [0.1, 0.15) is 88.5 Å². The van der Waals surface area contributed by atoms with Crippen LogP contribution in [0.2, 0.25) is 0 Å². The topological polar surface area (TPSA) is 168 Å². The zero-order chi connectivity index (χ0) is 37.1. The normalized spacial score (nSPS) is 28.7. The van der Waals surface area contributed by atoms with Gasteiger partial charge in [-0.2, -0.15) is 0 Å². The summed E-state index contributed by atoms with van der Waals surface area (Å²) in [6, 6.07) is 11.4. The second-order valence-corrected chi connectivity index (χ2v) is 15.7. The number of nitro groups is 1. The van der Waals surface area contributed by atoms with Crippen LogP contribution in [0.5, 0.6) is 0 Å². The molecule has 13 heteroatoms. The lowest BCUT2D eigenvalue weighted by atomic mass is 9.71. The summed E-state index contributed by atoms with van der Waals surface area (Å²) in [7, 11) is 0. The number of ether oxygens (including phenoxy) is 4. The number of hydrogen-bond donors (Lipinski definition) is 1. The molecule has 2 aliphatic heterocycles. The van der Waals surface area contributed by atoms with Crippen LogP contribution in [-0.4, -0.2) is 56.8 Å². The summed E-state index contributed by atoms with van der Waals surface area (Å²) in [6.45, 7) is 12.5. The maximum atomic E-state index is 14.3. The molecule has 2 fully saturated rings. The number of esters is 1. The molecule has 0 spiro atoms. The summed E-state index contributed by atoms with van der Waals surface area (Å²) in [5.74, 6) is -2.24. The maximum Gasteiger partial charge on any atom is 0.508 e. The van der Waals surface area contributed by atoms with Gasteiger partial charge in [0.15, 0.2) is 0 Å². The number of aromatic nitrogens is 1. The van der Waals surface area contributed by atoms with E-state index in [2.05, 4.69) is 11.6 Å². The van der Waals surface area contributed by atoms with E-state index in [0.29, 0.717) is 18.4 Å². The molecule has 0 aliphatic carbocycles. The Labute approximate surface area is 301 Å². The van der Waals surface area contributed by atoms with Gasteiger partial charge in [-0.25, -0.2) is 9.78 Å². The van der Waals surface area contributed by atoms with Crippen molar-refractivity contribution in [1.29, 1.82) is 0 Å². The third-order valence-corrected chi connectivity index (χ3v) is 11.2. The number of thiazole rings is 1. The van der Waals surface area contributed by atoms with Gasteiger partial charge in [0.2, 0.25) is 0 Å². The van der Waals surface area contributed by atoms with Gasteiger partial charge in [0.05, 0.1) is 49.8 Å². The van der Waals surface area contributed by atoms with E-state index in [1.54, 1.807) is 37.3 Å². The van der Waals surface area contributed by atoms with Crippen LogP contribution in [0.25, 0.3) is 10.2 Å². The van der Waals surface area contributed by atoms with Crippen LogP contribution in [0.4, 0.5) is 10.5 Å². The Kier molecular flexibility index (Phi) is 11.6. The number of carbonyl (C=O) groups excluding carboxylic acids is 3. The molecule has 1 N–H and O–H groups in total. The van der Waals surface area contributed by atoms with Gasteiger partial charge in [-0.15, -0.1) is 17.9 Å². The van der Waals surface area contributed by atoms with Gasteiger partial charge in [-0.1, -0.05) is 37.6 Å². The highest BCUT2D eigenvalue weighted by molar-refractivity contribution is 7.18. The fourth-order valence-electron chi connectivity index (χ4n) is 6.93. The number of aryl methyl sites for hydroxylation is 1. The molecule has 3 heterocycles. The minimum atomic E-state index is -1.49. The van der Waals surface area contributed by atoms with Gasteiger partial charge in [0, 0.05) is 24.5 Å². The number of epoxide rings is 1. The number of carbonyl (C=O) groups is 3. The second-order valence-electron chi connectivity index (χ2n) is 14.4. The molecular formula is C38H46N2O10S. The van der Waals surface area contributed by atoms with Gasteiger partial charge in [0.1, 0.15) is 24.6 Å². The predicted octanol–water partition coefficient (Wildman–Crippen LogP) is 7.73. The molecule has 0 bridgehead atoms. The highest BCUT2D eigenvalue weighted by Gasteiger charge is 2.53. The molecule has 0 radical (unpaired) electrons. The van der Waals surface area contributed by atoms with Crippen molar-refractivity contribution in [3.63, 3.8) is 0 Å². The van der Waals surface area contributed by atoms with E-state index in [1.807, 2.05) is 39.0 Å². The van der Waals surface area contributed by atoms with Gasteiger partial charge in [0.25, 0.3) is 5.69 Å². The first kappa shape index (κ1) is 38.0. The van der Waals surface area contributed by atoms with E-state index in [1.165, 1.54) is 18.2 Å². The average Bonchev–Trinajstić information content (AvgIpc) is 3.55. The molecule has 2 saturated heterocycles. The van der Waals surface area contributed by atoms with Crippen molar-refractivity contribution < 1.29 is 43.4 Å². The molecule has 1 aromatic heterocycles. The molecule has 2 aromatic carbocycles. The number of aliphatic hydroxyl groups excluding tert-OH is 1. The number of ketones is 1. The zero-order valence-electron chi connectivity index (χ0n) is 29.7. The van der Waals surface area contributed by atoms with E-state index < -0.39 is 64.5 Å². The SMILES string of the molecule is C=CC[C@H]1C(=O)C(C)(C)[C@@H](OC(=O)OCc2cccc([N+](=O)[O-])c2)CC(=O)O[C@H](c2ccc3sc(C)nc3c2)C[C@@H]2O[C@]2(C)CCC[C@H](C)[C@@H]1O. The molecule has 12 nitrogen and oxygen atoms in total. The molecule has 0 saturated carbocycles. The fourth-order valence-corrected chi connectivity index (χ4v) is 7.74. The molecule has 3 aromatic rings. The third-order valence-electron chi connectivity index (χ3n) is 10.2. The van der Waals surface area contributed by atoms with E-state index in [4.69, 9.17) is 18.9 Å². The monoisotopic (exact) mass is 722 g/mol. The van der Waals surface area contributed by atoms with Crippen molar-refractivity contribution in [2.45, 2.75) is 110 Å². The number of aliphatic hydroxyl groups is 1. The largest absolute Gasteiger partial charge is 0.508 e. The summed E-state index contributed by atoms with van der Waals surface area (Å²) < 4.78 is 24.4. The predicted molar refractivity (Wildman–Crippen MR) is 190 cm³/mol. The van der Waals surface area contributed by atoms with Crippen molar-refractivity contribution >= 4 is 45.1 Å². The van der Waals surface area contributed by atoms with Gasteiger partial charge >= 0.3 is 12.1 Å². The minimum Gasteiger partial charge on any atom is -0.457 e. The van der Waals surface area contributed by atoms with E-state index in [9.17, 15) is 29.6 Å². The summed E-state index contributed by atoms with van der Waals surface area (Å²) in [5, 5.41) is 23.6. The first-order valence-corrected chi connectivity index (χ1v) is 18.1. The molecule has 0 amide bonds. The van der Waals surface area contributed by atoms with Crippen LogP contribution in [-0.2, 0) is 35.1 Å². The van der Waals surface area contributed by atoms with Gasteiger partial charge < -0.3 is 24.1 Å². The number of benzene rings is 2. The third kappa shape index (κ3) is 9.00. The Morgan fingerprint density at radius 3 is 2.71 bits per heavy atom. The Morgan fingerprint density at radius 2 is 1.98 bits per heavy atom. The highest BCUT2D eigenvalue weighted by Crippen LogP contribution is 2.47. The minimum absolute atomic E-state index is 0.172. The lowest BCUT2D eigenvalue weighted by molar-refractivity contribution is -0.384. The Hall–Kier alpha value is -4.20. The second kappa shape index (κ2) is 15.6. The van der Waals surface area contributed by atoms with Gasteiger partial charge in [-0.05, 0) is 76.1 Å². The smallest absolute Gasteiger partial charge is 0.457 e. The molecule has 51 heavy (non-hydrogen) atoms. The average molecular weight is 723 g/mol. The van der Waals surface area contributed by atoms with E-state index >= 15 is 0 Å². The molecular weight excluding hydrogens is 676 g/mol. The van der Waals surface area contributed by atoms with Crippen LogP contribution in [0.15, 0.2) is 55.1 Å². The quantitative estimate of drug-likeness (QED) is 0.0833. The molecule has 5 rings (SSSR count). The van der Waals surface area contributed by atoms with Crippen molar-refractivity contribution in [3.8, 4) is 0 Å². The number of cyclic esters (lactones) is 1. The maximum absolute atomic E-state index is 14.3. The lowest BCUT2D eigenvalue weighted by Crippen LogP contribution is -2.48. The van der Waals surface area contributed by atoms with Crippen LogP contribution in [0.3, 0.4) is 0 Å². The molecule has 2 aliphatic rings. The van der Waals surface area contributed by atoms with Gasteiger partial charge in [-0.3, -0.25) is 19.7 Å². The molecule has 0 unspecified atom stereocenters. The number of rotatable bonds is 7. The van der Waals surface area contributed by atoms with E-state index in [0.717, 1.165) is 33.6 Å². The van der Waals surface area contributed by atoms with Crippen molar-refractivity contribution in [3.05, 3.63) is 81.4 Å². The van der Waals surface area contributed by atoms with Crippen LogP contribution < -0.4 is 0 Å². The first-order chi connectivity index (χ1) is 24.1. The first-order valence-electron chi connectivity index (χ1n) is 17.3. The number of non-ortho nitro benzene ring substituents is 1. The Balaban J connectivity index is 1.45. The lowest BCUT2D eigenvalue weighted by Gasteiger charge is -2.37. The van der Waals surface area contributed by atoms with E-state index in [-0.39, 0.29) is 30.7 Å². The summed E-state index contributed by atoms with van der Waals surface area (Å²) in [5.41, 5.74) is -0.208. The van der Waals surface area contributed by atoms with Crippen LogP contribution in [0, 0.1) is 34.3 Å². The zero-order valence-corrected chi connectivity index (χ0v) is 30.5. The number of allylic oxidation sites excluding steroid dienone is 1. The number of nitrogens with zero attached hydrogens (tertiary/aromatic N) is 2. The highest BCUT2D eigenvalue weighted by atomic mass is 32.1. The Morgan fingerprint density at radius 1 is 1.22 bits per heavy atom. The molecule has 7 atom stereocenters. The number of Topliss-reactive ketones (excluding diaryl/α,β-unsaturated/α-hetero) is 1. The standard InChI is InChI=1S/C38H46N2O10S/c1-7-10-27-34(42)22(2)11-9-16-38(6)32(50-38)19-29(25-14-15-30-28(18-25)39-23(3)51-30)48-33(41)20-31(37(4,5)35(27)43)49-36(44)47-21-24-12-8-13-26(17-24)40(45)46/h7-8,12-15,17-18,22,27,29,31-32,34,42H,1,9-11,16,19-21H2,2-6H3/t22-,27+,29-,31-,32-,34-,38+/m0/s1. The number of fused-ring (bicyclic) bond motifs is 2.